The maximum absolute atomic E-state index is 15.3. The molecule has 4 aromatic carbocycles. The molecule has 6 aromatic rings. The summed E-state index contributed by atoms with van der Waals surface area (Å²) in [6, 6.07) is 15.7. The van der Waals surface area contributed by atoms with Gasteiger partial charge >= 0.3 is 0 Å². The van der Waals surface area contributed by atoms with E-state index in [0.717, 1.165) is 17.0 Å². The number of unbranched alkanes of at least 4 members (excludes halogenated alkanes) is 1. The van der Waals surface area contributed by atoms with E-state index in [0.29, 0.717) is 59.4 Å². The van der Waals surface area contributed by atoms with Gasteiger partial charge in [0.15, 0.2) is 6.17 Å². The van der Waals surface area contributed by atoms with E-state index in [1.807, 2.05) is 50.2 Å². The zero-order valence-electron chi connectivity index (χ0n) is 63.4. The summed E-state index contributed by atoms with van der Waals surface area (Å²) in [5.74, 6) is -11.7. The first-order valence-electron chi connectivity index (χ1n) is 36.7. The minimum atomic E-state index is -2.02. The second-order valence-electron chi connectivity index (χ2n) is 28.0. The van der Waals surface area contributed by atoms with Crippen LogP contribution in [0.1, 0.15) is 127 Å². The average molecular weight is 1530 g/mol. The number of aromatic nitrogens is 3. The summed E-state index contributed by atoms with van der Waals surface area (Å²) in [4.78, 5) is 209. The van der Waals surface area contributed by atoms with Gasteiger partial charge in [0.05, 0.1) is 12.8 Å². The lowest BCUT2D eigenvalue weighted by molar-refractivity contribution is -0.142. The van der Waals surface area contributed by atoms with E-state index in [-0.39, 0.29) is 81.0 Å². The van der Waals surface area contributed by atoms with Gasteiger partial charge in [0.2, 0.25) is 70.9 Å². The van der Waals surface area contributed by atoms with Crippen LogP contribution in [0.25, 0.3) is 10.8 Å². The van der Waals surface area contributed by atoms with Crippen molar-refractivity contribution in [2.75, 3.05) is 30.3 Å². The van der Waals surface area contributed by atoms with E-state index in [2.05, 4.69) is 84.1 Å². The second kappa shape index (κ2) is 42.6. The number of benzene rings is 4. The zero-order valence-corrected chi connectivity index (χ0v) is 63.4. The highest BCUT2D eigenvalue weighted by molar-refractivity contribution is 6.01. The highest BCUT2D eigenvalue weighted by Crippen LogP contribution is 2.23. The van der Waals surface area contributed by atoms with Crippen LogP contribution in [0.4, 0.5) is 11.4 Å². The number of rotatable bonds is 40. The molecule has 0 unspecified atom stereocenters. The fraction of sp³-hybridized carbons (Fsp3) is 0.423. The van der Waals surface area contributed by atoms with E-state index in [4.69, 9.17) is 5.73 Å². The standard InChI is InChI=1S/C78H100N18O15/c1-44(2)35-59(69(102)88-58(18-11-12-31-82-45(3)4)78(111)96-34-14-19-66(96)76(109)84-46(5)67(79)101)89-70(103)61(37-50-21-26-56(27-22-50)85-47(6)98)90-71(104)62(38-51-23-28-57(29-24-51)86-48(7)99)91-75(108)65(43-97)93-72(105)63(40-53-15-13-30-80-41-53)92-77(110)68(95-74(107)64-42-81-32-33-83-64)94-73(106)60(87-49(8)100)39-52-20-25-54-16-9-10-17-55(54)36-52/h9-10,13,15-17,20-30,32-33,36,41-42,44-46,58-63,65-66,68,82,97H,11-12,14,18-19,31,34-35,37-40,43H2,1-8H3,(H2,79,101)(H,84,109)(H,85,98)(H,86,99)(H,87,100)(H,88,102)(H,89,103)(H,90,104)(H,91,108)(H,92,110)(H,93,105)(H,94,106)(H,95,107)/t46-,58+,59+,60-,61-,62+,63-,65+,66-,68+/m1/s1. The Balaban J connectivity index is 1.18. The number of carbonyl (C=O) groups excluding carboxylic acids is 14. The number of carbonyl (C=O) groups is 14. The van der Waals surface area contributed by atoms with Crippen LogP contribution in [-0.2, 0) is 88.0 Å². The van der Waals surface area contributed by atoms with Gasteiger partial charge in [-0.3, -0.25) is 77.1 Å². The van der Waals surface area contributed by atoms with Crippen molar-refractivity contribution in [2.24, 2.45) is 11.7 Å². The van der Waals surface area contributed by atoms with E-state index in [1.54, 1.807) is 68.4 Å². The molecule has 0 spiro atoms. The Morgan fingerprint density at radius 1 is 0.495 bits per heavy atom. The molecule has 0 saturated carbocycles. The van der Waals surface area contributed by atoms with Crippen LogP contribution >= 0.6 is 0 Å². The number of hydrogen-bond donors (Lipinski definition) is 15. The van der Waals surface area contributed by atoms with Gasteiger partial charge in [0, 0.05) is 95.2 Å². The fourth-order valence-corrected chi connectivity index (χ4v) is 12.3. The third kappa shape index (κ3) is 27.8. The summed E-state index contributed by atoms with van der Waals surface area (Å²) in [5, 5.41) is 47.5. The van der Waals surface area contributed by atoms with Gasteiger partial charge in [-0.1, -0.05) is 100 Å². The van der Waals surface area contributed by atoms with Gasteiger partial charge in [-0.15, -0.1) is 0 Å². The molecule has 33 heteroatoms. The zero-order chi connectivity index (χ0) is 80.8. The summed E-state index contributed by atoms with van der Waals surface area (Å²) in [5.41, 5.74) is 7.71. The number of likely N-dealkylation sites (tertiary alicyclic amines) is 1. The predicted molar refractivity (Wildman–Crippen MR) is 410 cm³/mol. The van der Waals surface area contributed by atoms with Crippen LogP contribution in [0, 0.1) is 5.92 Å². The van der Waals surface area contributed by atoms with Crippen LogP contribution in [0.15, 0.2) is 134 Å². The monoisotopic (exact) mass is 1530 g/mol. The van der Waals surface area contributed by atoms with Gasteiger partial charge in [-0.25, -0.2) is 4.98 Å². The molecule has 0 aliphatic carbocycles. The summed E-state index contributed by atoms with van der Waals surface area (Å²) in [6.45, 7) is 12.4. The molecule has 10 atom stereocenters. The quantitative estimate of drug-likeness (QED) is 0.0186. The highest BCUT2D eigenvalue weighted by atomic mass is 16.3. The molecule has 0 bridgehead atoms. The lowest BCUT2D eigenvalue weighted by Gasteiger charge is -2.31. The molecule has 2 aromatic heterocycles. The topological polar surface area (TPSA) is 484 Å². The van der Waals surface area contributed by atoms with Gasteiger partial charge < -0.3 is 84.9 Å². The number of pyridine rings is 1. The summed E-state index contributed by atoms with van der Waals surface area (Å²) >= 11 is 0. The number of aliphatic hydroxyl groups is 1. The van der Waals surface area contributed by atoms with Crippen molar-refractivity contribution in [2.45, 2.75) is 186 Å². The lowest BCUT2D eigenvalue weighted by atomic mass is 9.99. The molecule has 7 rings (SSSR count). The lowest BCUT2D eigenvalue weighted by Crippen LogP contribution is -2.64. The molecule has 592 valence electrons. The highest BCUT2D eigenvalue weighted by Gasteiger charge is 2.41. The molecule has 16 N–H and O–H groups in total. The first kappa shape index (κ1) is 86.1. The number of nitrogens with one attached hydrogen (secondary N) is 13. The molecule has 1 saturated heterocycles. The van der Waals surface area contributed by atoms with Gasteiger partial charge in [-0.2, -0.15) is 0 Å². The third-order valence-corrected chi connectivity index (χ3v) is 17.9. The molecule has 111 heavy (non-hydrogen) atoms. The Labute approximate surface area is 642 Å². The van der Waals surface area contributed by atoms with E-state index in [1.165, 1.54) is 69.5 Å². The van der Waals surface area contributed by atoms with Crippen LogP contribution in [-0.4, -0.2) is 194 Å². The van der Waals surface area contributed by atoms with Crippen molar-refractivity contribution in [3.63, 3.8) is 0 Å². The summed E-state index contributed by atoms with van der Waals surface area (Å²) in [6.07, 6.45) is 5.18. The molecular formula is C78H100N18O15. The maximum atomic E-state index is 15.3. The number of primary amides is 1. The molecule has 14 amide bonds. The largest absolute Gasteiger partial charge is 0.394 e. The smallest absolute Gasteiger partial charge is 0.273 e. The van der Waals surface area contributed by atoms with Crippen molar-refractivity contribution < 1.29 is 72.2 Å². The van der Waals surface area contributed by atoms with Crippen molar-refractivity contribution in [3.05, 3.63) is 162 Å². The van der Waals surface area contributed by atoms with E-state index in [9.17, 15) is 62.6 Å². The Morgan fingerprint density at radius 3 is 1.55 bits per heavy atom. The molecule has 33 nitrogen and oxygen atoms in total. The maximum Gasteiger partial charge on any atom is 0.273 e. The first-order valence-corrected chi connectivity index (χ1v) is 36.7. The Morgan fingerprint density at radius 2 is 1.01 bits per heavy atom. The van der Waals surface area contributed by atoms with E-state index < -0.39 is 138 Å². The number of fused-ring (bicyclic) bond motifs is 1. The molecular weight excluding hydrogens is 1430 g/mol. The number of anilines is 2. The van der Waals surface area contributed by atoms with Crippen LogP contribution in [0.2, 0.25) is 0 Å². The van der Waals surface area contributed by atoms with Crippen molar-refractivity contribution >= 4 is 105 Å². The first-order chi connectivity index (χ1) is 52.9. The van der Waals surface area contributed by atoms with Crippen molar-refractivity contribution in [3.8, 4) is 0 Å². The SMILES string of the molecule is CC(=O)Nc1ccc(C[C@H](NC(=O)[C@H](CO)NC(=O)[C@@H](Cc2cccnc2)NC(=O)[C@H](NC(=O)c2cnccn2)NC(=O)[C@@H](Cc2ccc3ccccc3c2)NC(C)=O)C(=O)N[C@H](Cc2ccc(NC(C)=O)cc2)C(=O)N[C@@H](CC(C)C)C(=O)N[C@@H](CCCCNC(C)C)C(=O)N2CCC[C@@H]2C(=O)N[C@H](C)C(N)=O)cc1. The van der Waals surface area contributed by atoms with Crippen molar-refractivity contribution in [1.82, 2.24) is 78.3 Å². The second-order valence-corrected chi connectivity index (χ2v) is 28.0. The molecule has 1 fully saturated rings. The number of amides is 14. The van der Waals surface area contributed by atoms with Gasteiger partial charge in [0.1, 0.15) is 60.1 Å². The molecule has 0 radical (unpaired) electrons. The predicted octanol–water partition coefficient (Wildman–Crippen LogP) is 0.686. The Bertz CT molecular complexity index is 4250. The van der Waals surface area contributed by atoms with Crippen molar-refractivity contribution in [1.29, 1.82) is 0 Å². The third-order valence-electron chi connectivity index (χ3n) is 17.9. The minimum Gasteiger partial charge on any atom is -0.394 e. The number of nitrogens with zero attached hydrogens (tertiary/aromatic N) is 4. The fourth-order valence-electron chi connectivity index (χ4n) is 12.3. The summed E-state index contributed by atoms with van der Waals surface area (Å²) in [7, 11) is 0. The summed E-state index contributed by atoms with van der Waals surface area (Å²) < 4.78 is 0. The molecule has 3 heterocycles. The number of nitrogens with two attached hydrogens (primary N) is 1. The van der Waals surface area contributed by atoms with Gasteiger partial charge in [0.25, 0.3) is 11.8 Å². The van der Waals surface area contributed by atoms with Crippen LogP contribution in [0.3, 0.4) is 0 Å². The Hall–Kier alpha value is -12.1. The minimum absolute atomic E-state index is 0.00209. The number of aliphatic hydroxyl groups excluding tert-OH is 1. The molecule has 1 aliphatic heterocycles. The van der Waals surface area contributed by atoms with Gasteiger partial charge in [-0.05, 0) is 121 Å². The average Bonchev–Trinajstić information content (AvgIpc) is 1.36. The number of hydrogen-bond acceptors (Lipinski definition) is 19. The van der Waals surface area contributed by atoms with Crippen LogP contribution < -0.4 is 74.9 Å². The normalized spacial score (nSPS) is 14.9. The van der Waals surface area contributed by atoms with Crippen LogP contribution in [0.5, 0.6) is 0 Å². The Kier molecular flexibility index (Phi) is 33.0. The molecule has 1 aliphatic rings. The van der Waals surface area contributed by atoms with E-state index >= 15 is 9.59 Å².